The van der Waals surface area contributed by atoms with Gasteiger partial charge in [0.05, 0.1) is 22.5 Å². The summed E-state index contributed by atoms with van der Waals surface area (Å²) in [6.45, 7) is 2.26. The molecule has 0 bridgehead atoms. The van der Waals surface area contributed by atoms with Gasteiger partial charge in [0.25, 0.3) is 0 Å². The highest BCUT2D eigenvalue weighted by molar-refractivity contribution is 6.42. The van der Waals surface area contributed by atoms with Crippen molar-refractivity contribution in [2.75, 3.05) is 20.1 Å². The third-order valence-electron chi connectivity index (χ3n) is 6.18. The first-order valence-corrected chi connectivity index (χ1v) is 10.8. The summed E-state index contributed by atoms with van der Waals surface area (Å²) in [6.07, 6.45) is 5.16. The first-order valence-electron chi connectivity index (χ1n) is 10.1. The summed E-state index contributed by atoms with van der Waals surface area (Å²) >= 11 is 12.1. The van der Waals surface area contributed by atoms with Crippen molar-refractivity contribution >= 4 is 29.1 Å². The number of likely N-dealkylation sites (tertiary alicyclic amines) is 1. The molecule has 2 atom stereocenters. The number of fused-ring (bicyclic) bond motifs is 1. The second-order valence-corrected chi connectivity index (χ2v) is 8.76. The molecule has 1 heterocycles. The average Bonchev–Trinajstić information content (AvgIpc) is 3.10. The van der Waals surface area contributed by atoms with Crippen LogP contribution in [0.2, 0.25) is 10.0 Å². The second kappa shape index (κ2) is 8.44. The van der Waals surface area contributed by atoms with Crippen LogP contribution in [0.3, 0.4) is 0 Å². The fourth-order valence-corrected chi connectivity index (χ4v) is 5.02. The van der Waals surface area contributed by atoms with E-state index in [1.54, 1.807) is 12.1 Å². The molecule has 5 heteroatoms. The van der Waals surface area contributed by atoms with E-state index in [1.165, 1.54) is 30.4 Å². The number of hydrogen-bond acceptors (Lipinski definition) is 2. The highest BCUT2D eigenvalue weighted by Crippen LogP contribution is 2.39. The fraction of sp³-hybridized carbons (Fsp3) is 0.435. The zero-order chi connectivity index (χ0) is 19.7. The van der Waals surface area contributed by atoms with Gasteiger partial charge >= 0.3 is 0 Å². The molecule has 0 N–H and O–H groups in total. The lowest BCUT2D eigenvalue weighted by Crippen LogP contribution is -2.47. The van der Waals surface area contributed by atoms with E-state index < -0.39 is 0 Å². The number of piperidine rings is 1. The Balaban J connectivity index is 1.57. The summed E-state index contributed by atoms with van der Waals surface area (Å²) in [5.41, 5.74) is 3.56. The Morgan fingerprint density at radius 1 is 1.07 bits per heavy atom. The number of rotatable bonds is 4. The summed E-state index contributed by atoms with van der Waals surface area (Å²) in [4.78, 5) is 17.7. The van der Waals surface area contributed by atoms with Crippen molar-refractivity contribution in [3.8, 4) is 0 Å². The summed E-state index contributed by atoms with van der Waals surface area (Å²) in [7, 11) is 1.95. The van der Waals surface area contributed by atoms with Gasteiger partial charge in [-0.1, -0.05) is 60.0 Å². The van der Waals surface area contributed by atoms with Gasteiger partial charge in [-0.05, 0) is 61.2 Å². The van der Waals surface area contributed by atoms with E-state index in [4.69, 9.17) is 23.2 Å². The molecule has 2 aromatic rings. The number of likely N-dealkylation sites (N-methyl/N-ethyl adjacent to an activating group) is 1. The summed E-state index contributed by atoms with van der Waals surface area (Å²) in [5, 5.41) is 1.01. The predicted molar refractivity (Wildman–Crippen MR) is 115 cm³/mol. The maximum absolute atomic E-state index is 13.2. The highest BCUT2D eigenvalue weighted by Gasteiger charge is 2.40. The van der Waals surface area contributed by atoms with Crippen molar-refractivity contribution in [2.45, 2.75) is 44.2 Å². The molecule has 3 nitrogen and oxygen atoms in total. The minimum Gasteiger partial charge on any atom is -0.337 e. The maximum atomic E-state index is 13.2. The lowest BCUT2D eigenvalue weighted by molar-refractivity contribution is -0.132. The molecule has 2 aliphatic rings. The number of nitrogens with zero attached hydrogens (tertiary/aromatic N) is 2. The number of halogens is 2. The van der Waals surface area contributed by atoms with Gasteiger partial charge < -0.3 is 4.90 Å². The fourth-order valence-electron chi connectivity index (χ4n) is 4.70. The molecule has 1 aliphatic heterocycles. The smallest absolute Gasteiger partial charge is 0.227 e. The van der Waals surface area contributed by atoms with E-state index in [2.05, 4.69) is 29.2 Å². The Hall–Kier alpha value is -1.55. The van der Waals surface area contributed by atoms with Gasteiger partial charge in [-0.2, -0.15) is 0 Å². The molecular weight excluding hydrogens is 391 g/mol. The number of amides is 1. The van der Waals surface area contributed by atoms with Gasteiger partial charge in [-0.15, -0.1) is 0 Å². The van der Waals surface area contributed by atoms with E-state index in [-0.39, 0.29) is 11.9 Å². The molecule has 0 aromatic heterocycles. The third kappa shape index (κ3) is 3.94. The van der Waals surface area contributed by atoms with E-state index in [0.717, 1.165) is 25.1 Å². The van der Waals surface area contributed by atoms with Crippen molar-refractivity contribution in [1.82, 2.24) is 9.80 Å². The molecule has 1 saturated heterocycles. The summed E-state index contributed by atoms with van der Waals surface area (Å²) in [5.74, 6) is 0.113. The van der Waals surface area contributed by atoms with Crippen LogP contribution in [0.15, 0.2) is 42.5 Å². The van der Waals surface area contributed by atoms with Gasteiger partial charge in [0.2, 0.25) is 5.91 Å². The molecule has 0 unspecified atom stereocenters. The molecule has 4 rings (SSSR count). The van der Waals surface area contributed by atoms with Crippen molar-refractivity contribution < 1.29 is 4.79 Å². The monoisotopic (exact) mass is 416 g/mol. The Morgan fingerprint density at radius 2 is 1.82 bits per heavy atom. The van der Waals surface area contributed by atoms with E-state index >= 15 is 0 Å². The zero-order valence-corrected chi connectivity index (χ0v) is 17.7. The number of hydrogen-bond donors (Lipinski definition) is 0. The lowest BCUT2D eigenvalue weighted by atomic mass is 10.0. The van der Waals surface area contributed by atoms with Crippen LogP contribution < -0.4 is 0 Å². The van der Waals surface area contributed by atoms with Crippen LogP contribution in [0.4, 0.5) is 0 Å². The van der Waals surface area contributed by atoms with Crippen molar-refractivity contribution in [3.63, 3.8) is 0 Å². The third-order valence-corrected chi connectivity index (χ3v) is 6.92. The molecule has 0 spiro atoms. The van der Waals surface area contributed by atoms with Crippen LogP contribution in [-0.2, 0) is 17.6 Å². The largest absolute Gasteiger partial charge is 0.337 e. The Kier molecular flexibility index (Phi) is 5.96. The predicted octanol–water partition coefficient (Wildman–Crippen LogP) is 5.15. The SMILES string of the molecule is CN(C(=O)Cc1ccc(Cl)c(Cl)c1)[C@@H]1c2ccccc2C[C@H]1N1CCCCC1. The van der Waals surface area contributed by atoms with Gasteiger partial charge in [0, 0.05) is 13.1 Å². The second-order valence-electron chi connectivity index (χ2n) is 7.94. The first-order chi connectivity index (χ1) is 13.5. The van der Waals surface area contributed by atoms with Crippen molar-refractivity contribution in [3.05, 3.63) is 69.2 Å². The summed E-state index contributed by atoms with van der Waals surface area (Å²) in [6, 6.07) is 14.5. The summed E-state index contributed by atoms with van der Waals surface area (Å²) < 4.78 is 0. The molecule has 1 aliphatic carbocycles. The number of carbonyl (C=O) groups is 1. The number of benzene rings is 2. The highest BCUT2D eigenvalue weighted by atomic mass is 35.5. The van der Waals surface area contributed by atoms with Crippen molar-refractivity contribution in [2.24, 2.45) is 0 Å². The Morgan fingerprint density at radius 3 is 2.57 bits per heavy atom. The van der Waals surface area contributed by atoms with Gasteiger partial charge in [-0.3, -0.25) is 9.69 Å². The minimum atomic E-state index is 0.101. The van der Waals surface area contributed by atoms with Crippen LogP contribution in [0.25, 0.3) is 0 Å². The molecule has 0 saturated carbocycles. The lowest BCUT2D eigenvalue weighted by Gasteiger charge is -2.39. The zero-order valence-electron chi connectivity index (χ0n) is 16.2. The quantitative estimate of drug-likeness (QED) is 0.687. The Bertz CT molecular complexity index is 863. The Labute approximate surface area is 177 Å². The van der Waals surface area contributed by atoms with E-state index in [1.807, 2.05) is 18.0 Å². The molecule has 148 valence electrons. The van der Waals surface area contributed by atoms with E-state index in [0.29, 0.717) is 22.5 Å². The standard InChI is InChI=1S/C23H26Cl2N2O/c1-26(22(28)14-16-9-10-19(24)20(25)13-16)23-18-8-4-3-7-17(18)15-21(23)27-11-5-2-6-12-27/h3-4,7-10,13,21,23H,2,5-6,11-12,14-15H2,1H3/t21-,23-/m1/s1. The molecular formula is C23H26Cl2N2O. The van der Waals surface area contributed by atoms with Crippen LogP contribution in [0.1, 0.15) is 42.0 Å². The van der Waals surface area contributed by atoms with Crippen LogP contribution >= 0.6 is 23.2 Å². The van der Waals surface area contributed by atoms with Gasteiger partial charge in [0.15, 0.2) is 0 Å². The topological polar surface area (TPSA) is 23.6 Å². The van der Waals surface area contributed by atoms with Gasteiger partial charge in [-0.25, -0.2) is 0 Å². The van der Waals surface area contributed by atoms with Crippen LogP contribution in [-0.4, -0.2) is 41.9 Å². The molecule has 1 fully saturated rings. The number of carbonyl (C=O) groups excluding carboxylic acids is 1. The maximum Gasteiger partial charge on any atom is 0.227 e. The first kappa shape index (κ1) is 19.8. The van der Waals surface area contributed by atoms with Gasteiger partial charge in [0.1, 0.15) is 0 Å². The molecule has 2 aromatic carbocycles. The van der Waals surface area contributed by atoms with Crippen molar-refractivity contribution in [1.29, 1.82) is 0 Å². The normalized spacial score (nSPS) is 22.1. The molecule has 1 amide bonds. The van der Waals surface area contributed by atoms with Crippen LogP contribution in [0.5, 0.6) is 0 Å². The van der Waals surface area contributed by atoms with Crippen LogP contribution in [0, 0.1) is 0 Å². The van der Waals surface area contributed by atoms with E-state index in [9.17, 15) is 4.79 Å². The average molecular weight is 417 g/mol. The molecule has 28 heavy (non-hydrogen) atoms. The molecule has 0 radical (unpaired) electrons. The minimum absolute atomic E-state index is 0.101.